The zero-order valence-electron chi connectivity index (χ0n) is 10.2. The fourth-order valence-electron chi connectivity index (χ4n) is 1.76. The van der Waals surface area contributed by atoms with Crippen LogP contribution in [0.3, 0.4) is 0 Å². The van der Waals surface area contributed by atoms with E-state index in [0.717, 1.165) is 0 Å². The third-order valence-corrected chi connectivity index (χ3v) is 2.75. The second-order valence-corrected chi connectivity index (χ2v) is 3.95. The van der Waals surface area contributed by atoms with Gasteiger partial charge in [-0.1, -0.05) is 30.3 Å². The summed E-state index contributed by atoms with van der Waals surface area (Å²) in [7, 11) is 0. The zero-order chi connectivity index (χ0) is 13.0. The van der Waals surface area contributed by atoms with Crippen molar-refractivity contribution in [3.63, 3.8) is 0 Å². The van der Waals surface area contributed by atoms with Crippen LogP contribution in [0.15, 0.2) is 36.7 Å². The monoisotopic (exact) mass is 245 g/mol. The highest BCUT2D eigenvalue weighted by Gasteiger charge is 2.19. The lowest BCUT2D eigenvalue weighted by Crippen LogP contribution is -2.17. The van der Waals surface area contributed by atoms with Crippen molar-refractivity contribution >= 4 is 5.78 Å². The van der Waals surface area contributed by atoms with Gasteiger partial charge >= 0.3 is 0 Å². The third kappa shape index (κ3) is 2.62. The van der Waals surface area contributed by atoms with Crippen molar-refractivity contribution in [3.05, 3.63) is 48.0 Å². The molecule has 1 unspecified atom stereocenters. The van der Waals surface area contributed by atoms with Gasteiger partial charge in [-0.25, -0.2) is 9.67 Å². The van der Waals surface area contributed by atoms with Crippen LogP contribution in [-0.4, -0.2) is 25.7 Å². The number of aryl methyl sites for hydroxylation is 1. The van der Waals surface area contributed by atoms with Crippen LogP contribution >= 0.6 is 0 Å². The van der Waals surface area contributed by atoms with Crippen LogP contribution in [0.2, 0.25) is 0 Å². The third-order valence-electron chi connectivity index (χ3n) is 2.75. The minimum atomic E-state index is -1.10. The molecule has 0 saturated carbocycles. The van der Waals surface area contributed by atoms with Crippen LogP contribution in [0, 0.1) is 0 Å². The van der Waals surface area contributed by atoms with E-state index in [4.69, 9.17) is 0 Å². The van der Waals surface area contributed by atoms with Gasteiger partial charge in [-0.05, 0) is 12.5 Å². The number of rotatable bonds is 5. The highest BCUT2D eigenvalue weighted by Crippen LogP contribution is 2.15. The van der Waals surface area contributed by atoms with Gasteiger partial charge in [0.1, 0.15) is 18.3 Å². The predicted octanol–water partition coefficient (Wildman–Crippen LogP) is 1.14. The first-order chi connectivity index (χ1) is 8.72. The van der Waals surface area contributed by atoms with Gasteiger partial charge in [0.05, 0.1) is 6.42 Å². The summed E-state index contributed by atoms with van der Waals surface area (Å²) >= 11 is 0. The predicted molar refractivity (Wildman–Crippen MR) is 65.8 cm³/mol. The number of aliphatic hydroxyl groups is 1. The fourth-order valence-corrected chi connectivity index (χ4v) is 1.76. The molecule has 5 nitrogen and oxygen atoms in total. The second kappa shape index (κ2) is 5.55. The van der Waals surface area contributed by atoms with Crippen molar-refractivity contribution < 1.29 is 9.90 Å². The smallest absolute Gasteiger partial charge is 0.173 e. The van der Waals surface area contributed by atoms with E-state index in [1.54, 1.807) is 28.9 Å². The Balaban J connectivity index is 2.09. The molecule has 0 radical (unpaired) electrons. The average molecular weight is 245 g/mol. The van der Waals surface area contributed by atoms with Gasteiger partial charge in [-0.15, -0.1) is 0 Å². The summed E-state index contributed by atoms with van der Waals surface area (Å²) in [4.78, 5) is 16.0. The minimum absolute atomic E-state index is 0.0872. The standard InChI is InChI=1S/C13H15N3O2/c1-2-16-12(14-9-15-16)8-11(17)13(18)10-6-4-3-5-7-10/h3-7,9,13,18H,2,8H2,1H3. The summed E-state index contributed by atoms with van der Waals surface area (Å²) in [6.07, 6.45) is 0.401. The molecular formula is C13H15N3O2. The summed E-state index contributed by atoms with van der Waals surface area (Å²) in [5.41, 5.74) is 0.602. The molecule has 0 amide bonds. The van der Waals surface area contributed by atoms with Crippen LogP contribution in [0.5, 0.6) is 0 Å². The molecule has 1 N–H and O–H groups in total. The number of hydrogen-bond donors (Lipinski definition) is 1. The van der Waals surface area contributed by atoms with Gasteiger partial charge in [0, 0.05) is 6.54 Å². The van der Waals surface area contributed by atoms with E-state index in [1.165, 1.54) is 6.33 Å². The first-order valence-electron chi connectivity index (χ1n) is 5.84. The SMILES string of the molecule is CCn1ncnc1CC(=O)C(O)c1ccccc1. The first kappa shape index (κ1) is 12.4. The van der Waals surface area contributed by atoms with Gasteiger partial charge in [-0.3, -0.25) is 4.79 Å². The van der Waals surface area contributed by atoms with Crippen molar-refractivity contribution in [3.8, 4) is 0 Å². The molecule has 1 atom stereocenters. The Bertz CT molecular complexity index is 522. The largest absolute Gasteiger partial charge is 0.381 e. The van der Waals surface area contributed by atoms with Crippen LogP contribution < -0.4 is 0 Å². The van der Waals surface area contributed by atoms with Gasteiger partial charge < -0.3 is 5.11 Å². The molecule has 94 valence electrons. The van der Waals surface area contributed by atoms with E-state index in [0.29, 0.717) is 17.9 Å². The number of benzene rings is 1. The lowest BCUT2D eigenvalue weighted by molar-refractivity contribution is -0.126. The number of ketones is 1. The Hall–Kier alpha value is -2.01. The van der Waals surface area contributed by atoms with E-state index < -0.39 is 6.10 Å². The Labute approximate surface area is 105 Å². The lowest BCUT2D eigenvalue weighted by Gasteiger charge is -2.09. The molecule has 0 fully saturated rings. The molecule has 0 spiro atoms. The normalized spacial score (nSPS) is 12.3. The van der Waals surface area contributed by atoms with Gasteiger partial charge in [0.2, 0.25) is 0 Å². The maximum absolute atomic E-state index is 11.9. The summed E-state index contributed by atoms with van der Waals surface area (Å²) in [5, 5.41) is 13.9. The van der Waals surface area contributed by atoms with Crippen LogP contribution in [0.1, 0.15) is 24.4 Å². The van der Waals surface area contributed by atoms with Gasteiger partial charge in [-0.2, -0.15) is 5.10 Å². The number of aromatic nitrogens is 3. The molecule has 2 rings (SSSR count). The van der Waals surface area contributed by atoms with Crippen molar-refractivity contribution in [1.82, 2.24) is 14.8 Å². The van der Waals surface area contributed by atoms with E-state index in [2.05, 4.69) is 10.1 Å². The molecule has 18 heavy (non-hydrogen) atoms. The summed E-state index contributed by atoms with van der Waals surface area (Å²) in [5.74, 6) is 0.307. The maximum Gasteiger partial charge on any atom is 0.173 e. The molecule has 1 aromatic heterocycles. The molecule has 0 aliphatic rings. The second-order valence-electron chi connectivity index (χ2n) is 3.95. The zero-order valence-corrected chi connectivity index (χ0v) is 10.2. The first-order valence-corrected chi connectivity index (χ1v) is 5.84. The number of carbonyl (C=O) groups excluding carboxylic acids is 1. The molecule has 0 saturated heterocycles. The van der Waals surface area contributed by atoms with Gasteiger partial charge in [0.15, 0.2) is 5.78 Å². The Morgan fingerprint density at radius 2 is 2.11 bits per heavy atom. The van der Waals surface area contributed by atoms with E-state index in [1.807, 2.05) is 13.0 Å². The van der Waals surface area contributed by atoms with Crippen molar-refractivity contribution in [2.24, 2.45) is 0 Å². The number of aliphatic hydroxyl groups excluding tert-OH is 1. The Kier molecular flexibility index (Phi) is 3.84. The summed E-state index contributed by atoms with van der Waals surface area (Å²) < 4.78 is 1.65. The molecule has 2 aromatic rings. The van der Waals surface area contributed by atoms with Crippen LogP contribution in [0.4, 0.5) is 0 Å². The Morgan fingerprint density at radius 3 is 2.78 bits per heavy atom. The number of Topliss-reactive ketones (excluding diaryl/α,β-unsaturated/α-hetero) is 1. The molecular weight excluding hydrogens is 230 g/mol. The van der Waals surface area contributed by atoms with E-state index >= 15 is 0 Å². The number of carbonyl (C=O) groups is 1. The summed E-state index contributed by atoms with van der Waals surface area (Å²) in [6.45, 7) is 2.58. The quantitative estimate of drug-likeness (QED) is 0.857. The molecule has 0 aliphatic heterocycles. The maximum atomic E-state index is 11.9. The van der Waals surface area contributed by atoms with E-state index in [9.17, 15) is 9.90 Å². The molecule has 1 heterocycles. The minimum Gasteiger partial charge on any atom is -0.381 e. The molecule has 0 aliphatic carbocycles. The number of hydrogen-bond acceptors (Lipinski definition) is 4. The average Bonchev–Trinajstić information content (AvgIpc) is 2.86. The topological polar surface area (TPSA) is 68.0 Å². The van der Waals surface area contributed by atoms with Crippen molar-refractivity contribution in [1.29, 1.82) is 0 Å². The van der Waals surface area contributed by atoms with Crippen LogP contribution in [-0.2, 0) is 17.8 Å². The highest BCUT2D eigenvalue weighted by molar-refractivity contribution is 5.85. The lowest BCUT2D eigenvalue weighted by atomic mass is 10.0. The van der Waals surface area contributed by atoms with E-state index in [-0.39, 0.29) is 12.2 Å². The van der Waals surface area contributed by atoms with Crippen LogP contribution in [0.25, 0.3) is 0 Å². The van der Waals surface area contributed by atoms with Crippen molar-refractivity contribution in [2.75, 3.05) is 0 Å². The number of nitrogens with zero attached hydrogens (tertiary/aromatic N) is 3. The summed E-state index contributed by atoms with van der Waals surface area (Å²) in [6, 6.07) is 8.88. The van der Waals surface area contributed by atoms with Crippen molar-refractivity contribution in [2.45, 2.75) is 26.0 Å². The van der Waals surface area contributed by atoms with Gasteiger partial charge in [0.25, 0.3) is 0 Å². The molecule has 5 heteroatoms. The molecule has 0 bridgehead atoms. The fraction of sp³-hybridized carbons (Fsp3) is 0.308. The molecule has 1 aromatic carbocycles. The highest BCUT2D eigenvalue weighted by atomic mass is 16.3. The Morgan fingerprint density at radius 1 is 1.39 bits per heavy atom.